The second kappa shape index (κ2) is 8.64. The van der Waals surface area contributed by atoms with Gasteiger partial charge in [-0.05, 0) is 65.9 Å². The first-order valence-electron chi connectivity index (χ1n) is 8.67. The van der Waals surface area contributed by atoms with Crippen molar-refractivity contribution in [2.45, 2.75) is 30.6 Å². The minimum Gasteiger partial charge on any atom is -0.273 e. The van der Waals surface area contributed by atoms with Crippen LogP contribution in [0.25, 0.3) is 0 Å². The zero-order valence-corrected chi connectivity index (χ0v) is 16.3. The molecule has 1 aliphatic heterocycles. The van der Waals surface area contributed by atoms with Crippen molar-refractivity contribution in [1.82, 2.24) is 15.2 Å². The number of benzene rings is 1. The Hall–Kier alpha value is -2.23. The predicted molar refractivity (Wildman–Crippen MR) is 103 cm³/mol. The molecule has 7 nitrogen and oxygen atoms in total. The highest BCUT2D eigenvalue weighted by Gasteiger charge is 2.27. The fourth-order valence-corrected chi connectivity index (χ4v) is 5.03. The standard InChI is InChI=1S/C18H21N3O4S2/c22-17(8-3-14-9-12-26-13-14)19-20-18(23)15-4-6-16(7-5-15)27(24,25)21-10-1-2-11-21/h4-7,9,12-13H,1-3,8,10-11H2,(H,19,22)(H,20,23). The van der Waals surface area contributed by atoms with E-state index < -0.39 is 15.9 Å². The van der Waals surface area contributed by atoms with Crippen LogP contribution in [0.5, 0.6) is 0 Å². The molecule has 0 aliphatic carbocycles. The zero-order valence-electron chi connectivity index (χ0n) is 14.7. The van der Waals surface area contributed by atoms with Gasteiger partial charge in [0.05, 0.1) is 4.90 Å². The number of thiophene rings is 1. The number of sulfonamides is 1. The molecule has 1 fully saturated rings. The number of aryl methyl sites for hydroxylation is 1. The second-order valence-corrected chi connectivity index (χ2v) is 8.99. The fraction of sp³-hybridized carbons (Fsp3) is 0.333. The molecule has 0 radical (unpaired) electrons. The summed E-state index contributed by atoms with van der Waals surface area (Å²) in [6.07, 6.45) is 2.61. The van der Waals surface area contributed by atoms with Crippen molar-refractivity contribution >= 4 is 33.2 Å². The quantitative estimate of drug-likeness (QED) is 0.715. The van der Waals surface area contributed by atoms with Gasteiger partial charge in [0.2, 0.25) is 15.9 Å². The summed E-state index contributed by atoms with van der Waals surface area (Å²) >= 11 is 1.57. The number of carbonyl (C=O) groups is 2. The number of hydrogen-bond acceptors (Lipinski definition) is 5. The van der Waals surface area contributed by atoms with E-state index in [9.17, 15) is 18.0 Å². The van der Waals surface area contributed by atoms with Crippen LogP contribution in [-0.4, -0.2) is 37.6 Å². The average Bonchev–Trinajstić information content (AvgIpc) is 3.38. The lowest BCUT2D eigenvalue weighted by Crippen LogP contribution is -2.41. The Bertz CT molecular complexity index is 887. The summed E-state index contributed by atoms with van der Waals surface area (Å²) in [6.45, 7) is 1.06. The maximum atomic E-state index is 12.5. The van der Waals surface area contributed by atoms with Crippen molar-refractivity contribution in [1.29, 1.82) is 0 Å². The van der Waals surface area contributed by atoms with Gasteiger partial charge in [0.15, 0.2) is 0 Å². The molecule has 2 aromatic rings. The lowest BCUT2D eigenvalue weighted by atomic mass is 10.2. The molecule has 9 heteroatoms. The number of hydrogen-bond donors (Lipinski definition) is 2. The van der Waals surface area contributed by atoms with Gasteiger partial charge >= 0.3 is 0 Å². The number of nitrogens with zero attached hydrogens (tertiary/aromatic N) is 1. The first kappa shape index (κ1) is 19.5. The third-order valence-corrected chi connectivity index (χ3v) is 7.00. The average molecular weight is 408 g/mol. The minimum atomic E-state index is -3.50. The molecular formula is C18H21N3O4S2. The van der Waals surface area contributed by atoms with Crippen LogP contribution < -0.4 is 10.9 Å². The van der Waals surface area contributed by atoms with Crippen molar-refractivity contribution in [3.05, 3.63) is 52.2 Å². The molecule has 0 unspecified atom stereocenters. The highest BCUT2D eigenvalue weighted by Crippen LogP contribution is 2.21. The van der Waals surface area contributed by atoms with Crippen LogP contribution in [-0.2, 0) is 21.2 Å². The molecule has 1 saturated heterocycles. The Balaban J connectivity index is 1.52. The van der Waals surface area contributed by atoms with E-state index in [1.807, 2.05) is 16.8 Å². The summed E-state index contributed by atoms with van der Waals surface area (Å²) in [5.41, 5.74) is 6.07. The van der Waals surface area contributed by atoms with Crippen molar-refractivity contribution in [3.8, 4) is 0 Å². The molecule has 144 valence electrons. The summed E-state index contributed by atoms with van der Waals surface area (Å²) in [6, 6.07) is 7.67. The van der Waals surface area contributed by atoms with Gasteiger partial charge < -0.3 is 0 Å². The second-order valence-electron chi connectivity index (χ2n) is 6.27. The van der Waals surface area contributed by atoms with E-state index in [2.05, 4.69) is 10.9 Å². The molecule has 1 aromatic carbocycles. The lowest BCUT2D eigenvalue weighted by Gasteiger charge is -2.15. The summed E-state index contributed by atoms with van der Waals surface area (Å²) in [5, 5.41) is 3.92. The number of amides is 2. The van der Waals surface area contributed by atoms with Gasteiger partial charge in [-0.25, -0.2) is 8.42 Å². The predicted octanol–water partition coefficient (Wildman–Crippen LogP) is 1.93. The van der Waals surface area contributed by atoms with Crippen LogP contribution in [0.3, 0.4) is 0 Å². The largest absolute Gasteiger partial charge is 0.273 e. The van der Waals surface area contributed by atoms with Crippen molar-refractivity contribution in [3.63, 3.8) is 0 Å². The summed E-state index contributed by atoms with van der Waals surface area (Å²) in [4.78, 5) is 24.1. The Morgan fingerprint density at radius 3 is 2.37 bits per heavy atom. The van der Waals surface area contributed by atoms with Gasteiger partial charge in [0, 0.05) is 25.1 Å². The minimum absolute atomic E-state index is 0.167. The first-order chi connectivity index (χ1) is 13.0. The van der Waals surface area contributed by atoms with E-state index in [0.717, 1.165) is 18.4 Å². The number of carbonyl (C=O) groups excluding carboxylic acids is 2. The van der Waals surface area contributed by atoms with Crippen molar-refractivity contribution in [2.75, 3.05) is 13.1 Å². The Labute approximate surface area is 162 Å². The smallest absolute Gasteiger partial charge is 0.269 e. The summed E-state index contributed by atoms with van der Waals surface area (Å²) in [7, 11) is -3.50. The highest BCUT2D eigenvalue weighted by atomic mass is 32.2. The van der Waals surface area contributed by atoms with Crippen LogP contribution in [0.4, 0.5) is 0 Å². The topological polar surface area (TPSA) is 95.6 Å². The van der Waals surface area contributed by atoms with Crippen LogP contribution in [0.15, 0.2) is 46.0 Å². The molecule has 0 saturated carbocycles. The van der Waals surface area contributed by atoms with Crippen LogP contribution in [0.1, 0.15) is 35.2 Å². The highest BCUT2D eigenvalue weighted by molar-refractivity contribution is 7.89. The van der Waals surface area contributed by atoms with E-state index in [1.165, 1.54) is 28.6 Å². The van der Waals surface area contributed by atoms with Crippen LogP contribution >= 0.6 is 11.3 Å². The Morgan fingerprint density at radius 2 is 1.74 bits per heavy atom. The molecule has 27 heavy (non-hydrogen) atoms. The third-order valence-electron chi connectivity index (χ3n) is 4.36. The lowest BCUT2D eigenvalue weighted by molar-refractivity contribution is -0.121. The van der Waals surface area contributed by atoms with Gasteiger partial charge in [-0.15, -0.1) is 0 Å². The molecule has 1 aliphatic rings. The van der Waals surface area contributed by atoms with Gasteiger partial charge in [-0.2, -0.15) is 15.6 Å². The molecular weight excluding hydrogens is 386 g/mol. The SMILES string of the molecule is O=C(CCc1ccsc1)NNC(=O)c1ccc(S(=O)(=O)N2CCCC2)cc1. The van der Waals surface area contributed by atoms with E-state index in [1.54, 1.807) is 11.3 Å². The number of rotatable bonds is 6. The first-order valence-corrected chi connectivity index (χ1v) is 11.1. The Kier molecular flexibility index (Phi) is 6.25. The normalized spacial score (nSPS) is 14.8. The monoisotopic (exact) mass is 407 g/mol. The van der Waals surface area contributed by atoms with E-state index in [-0.39, 0.29) is 22.8 Å². The molecule has 2 heterocycles. The molecule has 3 rings (SSSR count). The van der Waals surface area contributed by atoms with E-state index >= 15 is 0 Å². The van der Waals surface area contributed by atoms with Crippen LogP contribution in [0.2, 0.25) is 0 Å². The van der Waals surface area contributed by atoms with Gasteiger partial charge in [0.1, 0.15) is 0 Å². The number of hydrazine groups is 1. The molecule has 0 bridgehead atoms. The summed E-state index contributed by atoms with van der Waals surface area (Å²) < 4.78 is 26.4. The maximum absolute atomic E-state index is 12.5. The molecule has 2 N–H and O–H groups in total. The zero-order chi connectivity index (χ0) is 19.3. The fourth-order valence-electron chi connectivity index (χ4n) is 2.81. The molecule has 0 spiro atoms. The van der Waals surface area contributed by atoms with Gasteiger partial charge in [0.25, 0.3) is 5.91 Å². The van der Waals surface area contributed by atoms with Crippen LogP contribution in [0, 0.1) is 0 Å². The van der Waals surface area contributed by atoms with Crippen molar-refractivity contribution < 1.29 is 18.0 Å². The number of nitrogens with one attached hydrogen (secondary N) is 2. The maximum Gasteiger partial charge on any atom is 0.269 e. The molecule has 0 atom stereocenters. The van der Waals surface area contributed by atoms with Crippen molar-refractivity contribution in [2.24, 2.45) is 0 Å². The third kappa shape index (κ3) is 4.94. The van der Waals surface area contributed by atoms with E-state index in [0.29, 0.717) is 19.5 Å². The van der Waals surface area contributed by atoms with E-state index in [4.69, 9.17) is 0 Å². The molecule has 2 amide bonds. The van der Waals surface area contributed by atoms with Gasteiger partial charge in [-0.1, -0.05) is 0 Å². The molecule has 1 aromatic heterocycles. The summed E-state index contributed by atoms with van der Waals surface area (Å²) in [5.74, 6) is -0.785. The van der Waals surface area contributed by atoms with Gasteiger partial charge in [-0.3, -0.25) is 20.4 Å². The Morgan fingerprint density at radius 1 is 1.04 bits per heavy atom.